The monoisotopic (exact) mass is 1150 g/mol. The van der Waals surface area contributed by atoms with Crippen molar-refractivity contribution in [3.05, 3.63) is 109 Å². The minimum atomic E-state index is -1.63. The maximum absolute atomic E-state index is 13.5. The molecule has 8 atom stereocenters. The molecule has 0 aromatic carbocycles. The minimum Gasteiger partial charge on any atom is -0.454 e. The van der Waals surface area contributed by atoms with E-state index in [4.69, 9.17) is 14.2 Å². The Balaban J connectivity index is 2.66. The fourth-order valence-electron chi connectivity index (χ4n) is 9.68. The number of ether oxygens (including phenoxy) is 3. The normalized spacial score (nSPS) is 19.3. The number of unbranched alkanes of at least 4 members (excludes halogenated alkanes) is 25. The quantitative estimate of drug-likeness (QED) is 0.0195. The van der Waals surface area contributed by atoms with Gasteiger partial charge in [-0.25, -0.2) is 0 Å². The molecular weight excluding hydrogens is 1030 g/mol. The molecule has 0 aromatic heterocycles. The van der Waals surface area contributed by atoms with Crippen LogP contribution in [0.4, 0.5) is 0 Å². The Morgan fingerprint density at radius 2 is 0.878 bits per heavy atom. The average Bonchev–Trinajstić information content (AvgIpc) is 3.68. The van der Waals surface area contributed by atoms with Gasteiger partial charge in [-0.1, -0.05) is 259 Å². The molecule has 1 aliphatic heterocycles. The second kappa shape index (κ2) is 57.7. The number of hydrogen-bond donors (Lipinski definition) is 6. The van der Waals surface area contributed by atoms with E-state index in [0.29, 0.717) is 12.8 Å². The van der Waals surface area contributed by atoms with Gasteiger partial charge in [-0.05, 0) is 109 Å². The number of carbonyl (C=O) groups is 2. The minimum absolute atomic E-state index is 0.102. The zero-order valence-corrected chi connectivity index (χ0v) is 52.1. The Morgan fingerprint density at radius 3 is 1.34 bits per heavy atom. The van der Waals surface area contributed by atoms with E-state index in [1.54, 1.807) is 6.08 Å². The number of amides is 1. The zero-order chi connectivity index (χ0) is 59.6. The van der Waals surface area contributed by atoms with Crippen molar-refractivity contribution < 1.29 is 49.3 Å². The molecule has 0 saturated carbocycles. The molecule has 1 rings (SSSR count). The van der Waals surface area contributed by atoms with E-state index in [1.807, 2.05) is 6.08 Å². The molecule has 1 amide bonds. The van der Waals surface area contributed by atoms with Crippen molar-refractivity contribution in [1.82, 2.24) is 5.32 Å². The summed E-state index contributed by atoms with van der Waals surface area (Å²) in [5, 5.41) is 57.1. The first-order valence-electron chi connectivity index (χ1n) is 33.2. The third kappa shape index (κ3) is 44.8. The van der Waals surface area contributed by atoms with Crippen molar-refractivity contribution >= 4 is 11.9 Å². The van der Waals surface area contributed by atoms with Crippen LogP contribution >= 0.6 is 0 Å². The molecular formula is C71H121NO10. The topological polar surface area (TPSA) is 175 Å². The highest BCUT2D eigenvalue weighted by Crippen LogP contribution is 2.26. The molecule has 0 aromatic rings. The van der Waals surface area contributed by atoms with E-state index in [0.717, 1.165) is 148 Å². The molecule has 6 N–H and O–H groups in total. The summed E-state index contributed by atoms with van der Waals surface area (Å²) < 4.78 is 17.6. The Hall–Kier alpha value is -3.68. The molecule has 0 aliphatic carbocycles. The van der Waals surface area contributed by atoms with E-state index in [-0.39, 0.29) is 19.4 Å². The van der Waals surface area contributed by atoms with Crippen molar-refractivity contribution in [2.45, 2.75) is 314 Å². The lowest BCUT2D eigenvalue weighted by Gasteiger charge is -2.41. The number of aliphatic hydroxyl groups is 5. The van der Waals surface area contributed by atoms with E-state index < -0.39 is 67.4 Å². The third-order valence-electron chi connectivity index (χ3n) is 14.9. The molecule has 82 heavy (non-hydrogen) atoms. The molecule has 1 fully saturated rings. The summed E-state index contributed by atoms with van der Waals surface area (Å²) in [5.41, 5.74) is 0. The largest absolute Gasteiger partial charge is 0.454 e. The Morgan fingerprint density at radius 1 is 0.488 bits per heavy atom. The number of carbonyl (C=O) groups excluding carboxylic acids is 2. The van der Waals surface area contributed by atoms with E-state index in [1.165, 1.54) is 70.6 Å². The lowest BCUT2D eigenvalue weighted by Crippen LogP contribution is -2.61. The SMILES string of the molecule is CC/C=C\C/C=C\C/C=C\C/C=C\C/C=C\CCCCCCCCC(O)C(=O)NC(COC1OC(CO)C(O)C(O)C1OC(=O)CCCCCCCC/C=C\C/C=C\C/C=C\CCCCC)C(O)/C=C/CCCCCCCCCCCC. The lowest BCUT2D eigenvalue weighted by atomic mass is 9.99. The van der Waals surface area contributed by atoms with Crippen LogP contribution in [0.3, 0.4) is 0 Å². The van der Waals surface area contributed by atoms with Crippen molar-refractivity contribution in [3.8, 4) is 0 Å². The highest BCUT2D eigenvalue weighted by atomic mass is 16.7. The molecule has 1 saturated heterocycles. The molecule has 0 bridgehead atoms. The van der Waals surface area contributed by atoms with Crippen molar-refractivity contribution in [2.75, 3.05) is 13.2 Å². The standard InChI is InChI=1S/C71H121NO10/c1-4-7-10-13-16-19-22-25-27-29-31-32-33-35-36-38-40-43-46-49-52-55-58-64(75)70(79)72-62(63(74)57-54-51-48-45-42-24-21-18-15-12-9-6-3)61-80-71-69(68(78)67(77)65(60-73)81-71)82-66(76)59-56-53-50-47-44-41-39-37-34-30-28-26-23-20-17-14-11-8-5-2/h7,10,16-17,19-20,25-28,31-32,34-37,54,57,62-65,67-69,71,73-75,77-78H,4-6,8-9,11-15,18,21-24,29-30,33,38-53,55-56,58-61H2,1-3H3,(H,72,79)/b10-7-,19-16-,20-17-,27-25-,28-26-,32-31-,36-35-,37-34-,57-54+. The van der Waals surface area contributed by atoms with Gasteiger partial charge < -0.3 is 45.1 Å². The summed E-state index contributed by atoms with van der Waals surface area (Å²) in [6.07, 6.45) is 68.3. The van der Waals surface area contributed by atoms with Crippen LogP contribution in [0.1, 0.15) is 265 Å². The van der Waals surface area contributed by atoms with Crippen LogP contribution in [0.2, 0.25) is 0 Å². The van der Waals surface area contributed by atoms with Crippen LogP contribution in [0.5, 0.6) is 0 Å². The van der Waals surface area contributed by atoms with Crippen LogP contribution in [0, 0.1) is 0 Å². The van der Waals surface area contributed by atoms with Gasteiger partial charge in [-0.3, -0.25) is 9.59 Å². The van der Waals surface area contributed by atoms with Gasteiger partial charge in [0.1, 0.15) is 24.4 Å². The van der Waals surface area contributed by atoms with E-state index >= 15 is 0 Å². The Labute approximate surface area is 500 Å². The van der Waals surface area contributed by atoms with Crippen molar-refractivity contribution in [2.24, 2.45) is 0 Å². The van der Waals surface area contributed by atoms with Crippen LogP contribution < -0.4 is 5.32 Å². The van der Waals surface area contributed by atoms with Gasteiger partial charge in [0.05, 0.1) is 25.4 Å². The molecule has 0 spiro atoms. The fourth-order valence-corrected chi connectivity index (χ4v) is 9.68. The van der Waals surface area contributed by atoms with E-state index in [2.05, 4.69) is 123 Å². The van der Waals surface area contributed by atoms with Crippen LogP contribution in [0.25, 0.3) is 0 Å². The van der Waals surface area contributed by atoms with Gasteiger partial charge >= 0.3 is 5.97 Å². The van der Waals surface area contributed by atoms with Gasteiger partial charge in [-0.2, -0.15) is 0 Å². The lowest BCUT2D eigenvalue weighted by molar-refractivity contribution is -0.305. The third-order valence-corrected chi connectivity index (χ3v) is 14.9. The second-order valence-corrected chi connectivity index (χ2v) is 22.5. The average molecular weight is 1150 g/mol. The first-order chi connectivity index (χ1) is 40.2. The predicted molar refractivity (Wildman–Crippen MR) is 342 cm³/mol. The summed E-state index contributed by atoms with van der Waals surface area (Å²) in [6, 6.07) is -1.04. The summed E-state index contributed by atoms with van der Waals surface area (Å²) in [5.74, 6) is -1.22. The molecule has 11 nitrogen and oxygen atoms in total. The van der Waals surface area contributed by atoms with Crippen molar-refractivity contribution in [1.29, 1.82) is 0 Å². The van der Waals surface area contributed by atoms with Crippen LogP contribution in [-0.2, 0) is 23.8 Å². The van der Waals surface area contributed by atoms with Gasteiger partial charge in [0.2, 0.25) is 5.91 Å². The van der Waals surface area contributed by atoms with Gasteiger partial charge in [0.25, 0.3) is 0 Å². The van der Waals surface area contributed by atoms with Gasteiger partial charge in [-0.15, -0.1) is 0 Å². The number of rotatable bonds is 55. The fraction of sp³-hybridized carbons (Fsp3) is 0.718. The van der Waals surface area contributed by atoms with Crippen molar-refractivity contribution in [3.63, 3.8) is 0 Å². The summed E-state index contributed by atoms with van der Waals surface area (Å²) in [4.78, 5) is 26.6. The molecule has 8 unspecified atom stereocenters. The maximum atomic E-state index is 13.5. The molecule has 1 aliphatic rings. The van der Waals surface area contributed by atoms with E-state index in [9.17, 15) is 35.1 Å². The molecule has 470 valence electrons. The molecule has 1 heterocycles. The predicted octanol–water partition coefficient (Wildman–Crippen LogP) is 16.4. The Kier molecular flexibility index (Phi) is 53.7. The maximum Gasteiger partial charge on any atom is 0.306 e. The summed E-state index contributed by atoms with van der Waals surface area (Å²) in [6.45, 7) is 5.64. The first-order valence-corrected chi connectivity index (χ1v) is 33.2. The second-order valence-electron chi connectivity index (χ2n) is 22.5. The summed E-state index contributed by atoms with van der Waals surface area (Å²) in [7, 11) is 0. The van der Waals surface area contributed by atoms with Crippen LogP contribution in [-0.4, -0.2) is 99.6 Å². The number of nitrogens with one attached hydrogen (secondary N) is 1. The summed E-state index contributed by atoms with van der Waals surface area (Å²) >= 11 is 0. The molecule has 0 radical (unpaired) electrons. The van der Waals surface area contributed by atoms with Gasteiger partial charge in [0, 0.05) is 6.42 Å². The van der Waals surface area contributed by atoms with Crippen LogP contribution in [0.15, 0.2) is 109 Å². The Bertz CT molecular complexity index is 1750. The number of aliphatic hydroxyl groups excluding tert-OH is 5. The highest BCUT2D eigenvalue weighted by molar-refractivity contribution is 5.80. The smallest absolute Gasteiger partial charge is 0.306 e. The molecule has 11 heteroatoms. The highest BCUT2D eigenvalue weighted by Gasteiger charge is 2.47. The number of hydrogen-bond acceptors (Lipinski definition) is 10. The number of esters is 1. The number of allylic oxidation sites excluding steroid dienone is 17. The van der Waals surface area contributed by atoms with Gasteiger partial charge in [0.15, 0.2) is 12.4 Å². The first kappa shape index (κ1) is 76.3. The zero-order valence-electron chi connectivity index (χ0n) is 52.1.